The number of ether oxygens (including phenoxy) is 1. The molecule has 0 radical (unpaired) electrons. The Hall–Kier alpha value is -4.47. The van der Waals surface area contributed by atoms with Crippen molar-refractivity contribution >= 4 is 21.8 Å². The summed E-state index contributed by atoms with van der Waals surface area (Å²) >= 11 is 0. The van der Waals surface area contributed by atoms with Gasteiger partial charge in [0.15, 0.2) is 0 Å². The topological polar surface area (TPSA) is 105 Å². The molecule has 8 nitrogen and oxygen atoms in total. The van der Waals surface area contributed by atoms with Gasteiger partial charge < -0.3 is 15.0 Å². The molecular formula is C35H39N3O5S. The molecule has 0 aliphatic heterocycles. The summed E-state index contributed by atoms with van der Waals surface area (Å²) in [6.07, 6.45) is 0.510. The van der Waals surface area contributed by atoms with Gasteiger partial charge in [-0.25, -0.2) is 13.1 Å². The highest BCUT2D eigenvalue weighted by atomic mass is 32.2. The maximum absolute atomic E-state index is 14.0. The molecule has 4 aromatic rings. The SMILES string of the molecule is CCNS(=O)(=O)c1ccc(CCC(=O)N(Cc2ccc(OC)cc2)C(C(=O)NCc2ccc(C)cc2)c2ccccc2)cc1. The van der Waals surface area contributed by atoms with E-state index in [1.807, 2.05) is 85.8 Å². The Morgan fingerprint density at radius 2 is 1.43 bits per heavy atom. The van der Waals surface area contributed by atoms with E-state index in [9.17, 15) is 18.0 Å². The predicted molar refractivity (Wildman–Crippen MR) is 171 cm³/mol. The third-order valence-corrected chi connectivity index (χ3v) is 8.85. The fraction of sp³-hybridized carbons (Fsp3) is 0.257. The number of aryl methyl sites for hydroxylation is 2. The van der Waals surface area contributed by atoms with Gasteiger partial charge in [0.05, 0.1) is 12.0 Å². The van der Waals surface area contributed by atoms with Crippen molar-refractivity contribution in [3.63, 3.8) is 0 Å². The smallest absolute Gasteiger partial charge is 0.247 e. The number of sulfonamides is 1. The summed E-state index contributed by atoms with van der Waals surface area (Å²) in [4.78, 5) is 29.7. The summed E-state index contributed by atoms with van der Waals surface area (Å²) in [6.45, 7) is 4.57. The molecule has 0 aliphatic carbocycles. The largest absolute Gasteiger partial charge is 0.497 e. The number of amides is 2. The molecule has 1 unspecified atom stereocenters. The Morgan fingerprint density at radius 3 is 2.05 bits per heavy atom. The van der Waals surface area contributed by atoms with Crippen LogP contribution < -0.4 is 14.8 Å². The van der Waals surface area contributed by atoms with Gasteiger partial charge >= 0.3 is 0 Å². The van der Waals surface area contributed by atoms with Crippen LogP contribution >= 0.6 is 0 Å². The Kier molecular flexibility index (Phi) is 11.3. The Morgan fingerprint density at radius 1 is 0.818 bits per heavy atom. The number of methoxy groups -OCH3 is 1. The van der Waals surface area contributed by atoms with E-state index in [1.54, 1.807) is 31.1 Å². The number of hydrogen-bond donors (Lipinski definition) is 2. The van der Waals surface area contributed by atoms with Crippen molar-refractivity contribution in [3.05, 3.63) is 131 Å². The summed E-state index contributed by atoms with van der Waals surface area (Å²) in [5.74, 6) is 0.211. The second-order valence-corrected chi connectivity index (χ2v) is 12.3. The molecule has 0 saturated heterocycles. The summed E-state index contributed by atoms with van der Waals surface area (Å²) in [5, 5.41) is 3.05. The van der Waals surface area contributed by atoms with Crippen LogP contribution in [0.15, 0.2) is 108 Å². The minimum absolute atomic E-state index is 0.129. The third kappa shape index (κ3) is 8.78. The molecule has 1 atom stereocenters. The standard InChI is InChI=1S/C35H39N3O5S/c1-4-37-44(41,42)32-21-16-27(17-22-32)18-23-33(39)38(25-29-14-19-31(43-3)20-15-29)34(30-8-6-5-7-9-30)35(40)36-24-28-12-10-26(2)11-13-28/h5-17,19-22,34,37H,4,18,23-25H2,1-3H3,(H,36,40). The van der Waals surface area contributed by atoms with Gasteiger partial charge in [-0.05, 0) is 59.9 Å². The zero-order valence-electron chi connectivity index (χ0n) is 25.3. The van der Waals surface area contributed by atoms with Crippen molar-refractivity contribution in [1.82, 2.24) is 14.9 Å². The van der Waals surface area contributed by atoms with E-state index in [0.29, 0.717) is 30.8 Å². The van der Waals surface area contributed by atoms with Gasteiger partial charge in [-0.3, -0.25) is 9.59 Å². The number of benzene rings is 4. The van der Waals surface area contributed by atoms with E-state index < -0.39 is 16.1 Å². The lowest BCUT2D eigenvalue weighted by molar-refractivity contribution is -0.141. The van der Waals surface area contributed by atoms with E-state index in [-0.39, 0.29) is 29.7 Å². The van der Waals surface area contributed by atoms with Crippen LogP contribution in [-0.2, 0) is 39.1 Å². The maximum Gasteiger partial charge on any atom is 0.247 e. The van der Waals surface area contributed by atoms with E-state index in [0.717, 1.165) is 22.3 Å². The second-order valence-electron chi connectivity index (χ2n) is 10.5. The molecule has 2 amide bonds. The van der Waals surface area contributed by atoms with Gasteiger partial charge in [-0.1, -0.05) is 91.3 Å². The number of carbonyl (C=O) groups excluding carboxylic acids is 2. The summed E-state index contributed by atoms with van der Waals surface area (Å²) < 4.78 is 32.4. The van der Waals surface area contributed by atoms with Gasteiger partial charge in [-0.2, -0.15) is 0 Å². The van der Waals surface area contributed by atoms with Crippen LogP contribution in [0.5, 0.6) is 5.75 Å². The van der Waals surface area contributed by atoms with E-state index in [4.69, 9.17) is 4.74 Å². The summed E-state index contributed by atoms with van der Waals surface area (Å²) in [5.41, 5.74) is 4.47. The molecule has 9 heteroatoms. The number of hydrogen-bond acceptors (Lipinski definition) is 5. The summed E-state index contributed by atoms with van der Waals surface area (Å²) in [6, 6.07) is 30.3. The maximum atomic E-state index is 14.0. The summed E-state index contributed by atoms with van der Waals surface area (Å²) in [7, 11) is -1.98. The average Bonchev–Trinajstić information content (AvgIpc) is 3.04. The second kappa shape index (κ2) is 15.3. The van der Waals surface area contributed by atoms with Crippen LogP contribution in [0, 0.1) is 6.92 Å². The molecule has 0 saturated carbocycles. The highest BCUT2D eigenvalue weighted by Gasteiger charge is 2.31. The minimum atomic E-state index is -3.57. The first-order valence-electron chi connectivity index (χ1n) is 14.6. The van der Waals surface area contributed by atoms with Crippen LogP contribution in [-0.4, -0.2) is 38.8 Å². The minimum Gasteiger partial charge on any atom is -0.497 e. The Bertz CT molecular complexity index is 1620. The van der Waals surface area contributed by atoms with Gasteiger partial charge in [0, 0.05) is 26.1 Å². The zero-order valence-corrected chi connectivity index (χ0v) is 26.1. The molecule has 0 aromatic heterocycles. The van der Waals surface area contributed by atoms with Crippen LogP contribution in [0.2, 0.25) is 0 Å². The van der Waals surface area contributed by atoms with Crippen molar-refractivity contribution in [2.24, 2.45) is 0 Å². The molecule has 0 heterocycles. The first-order chi connectivity index (χ1) is 21.2. The Labute approximate surface area is 260 Å². The predicted octanol–water partition coefficient (Wildman–Crippen LogP) is 5.32. The number of nitrogens with zero attached hydrogens (tertiary/aromatic N) is 1. The average molecular weight is 614 g/mol. The molecule has 0 fully saturated rings. The monoisotopic (exact) mass is 613 g/mol. The highest BCUT2D eigenvalue weighted by Crippen LogP contribution is 2.26. The number of rotatable bonds is 14. The van der Waals surface area contributed by atoms with Crippen molar-refractivity contribution in [3.8, 4) is 5.75 Å². The van der Waals surface area contributed by atoms with Gasteiger partial charge in [-0.15, -0.1) is 0 Å². The van der Waals surface area contributed by atoms with Crippen LogP contribution in [0.3, 0.4) is 0 Å². The molecule has 2 N–H and O–H groups in total. The van der Waals surface area contributed by atoms with Gasteiger partial charge in [0.25, 0.3) is 0 Å². The zero-order chi connectivity index (χ0) is 31.5. The van der Waals surface area contributed by atoms with Crippen LogP contribution in [0.25, 0.3) is 0 Å². The first kappa shape index (κ1) is 32.4. The van der Waals surface area contributed by atoms with E-state index >= 15 is 0 Å². The quantitative estimate of drug-likeness (QED) is 0.200. The molecule has 4 aromatic carbocycles. The fourth-order valence-electron chi connectivity index (χ4n) is 4.85. The van der Waals surface area contributed by atoms with Crippen molar-refractivity contribution < 1.29 is 22.7 Å². The van der Waals surface area contributed by atoms with Crippen LogP contribution in [0.4, 0.5) is 0 Å². The number of nitrogens with one attached hydrogen (secondary N) is 2. The molecule has 0 bridgehead atoms. The van der Waals surface area contributed by atoms with E-state index in [2.05, 4.69) is 10.0 Å². The molecule has 0 spiro atoms. The lowest BCUT2D eigenvalue weighted by Crippen LogP contribution is -2.43. The molecule has 4 rings (SSSR count). The normalized spacial score (nSPS) is 11.9. The molecule has 230 valence electrons. The first-order valence-corrected chi connectivity index (χ1v) is 16.1. The highest BCUT2D eigenvalue weighted by molar-refractivity contribution is 7.89. The van der Waals surface area contributed by atoms with Gasteiger partial charge in [0.1, 0.15) is 11.8 Å². The number of carbonyl (C=O) groups is 2. The van der Waals surface area contributed by atoms with Crippen molar-refractivity contribution in [2.45, 2.75) is 50.7 Å². The Balaban J connectivity index is 1.60. The van der Waals surface area contributed by atoms with Crippen molar-refractivity contribution in [2.75, 3.05) is 13.7 Å². The van der Waals surface area contributed by atoms with Crippen LogP contribution in [0.1, 0.15) is 47.2 Å². The lowest BCUT2D eigenvalue weighted by Gasteiger charge is -2.32. The van der Waals surface area contributed by atoms with Crippen molar-refractivity contribution in [1.29, 1.82) is 0 Å². The molecule has 0 aliphatic rings. The third-order valence-electron chi connectivity index (χ3n) is 7.29. The van der Waals surface area contributed by atoms with E-state index in [1.165, 1.54) is 12.1 Å². The lowest BCUT2D eigenvalue weighted by atomic mass is 10.0. The fourth-order valence-corrected chi connectivity index (χ4v) is 5.90. The molecule has 44 heavy (non-hydrogen) atoms. The molecular weight excluding hydrogens is 574 g/mol. The van der Waals surface area contributed by atoms with Gasteiger partial charge in [0.2, 0.25) is 21.8 Å².